The van der Waals surface area contributed by atoms with Crippen LogP contribution >= 0.6 is 0 Å². The van der Waals surface area contributed by atoms with E-state index in [1.165, 1.54) is 25.7 Å². The second-order valence-corrected chi connectivity index (χ2v) is 4.19. The van der Waals surface area contributed by atoms with Crippen molar-refractivity contribution in [1.82, 2.24) is 5.32 Å². The van der Waals surface area contributed by atoms with E-state index in [9.17, 15) is 0 Å². The topological polar surface area (TPSA) is 12.0 Å². The third kappa shape index (κ3) is 6.20. The Hall–Kier alpha value is -0.300. The Morgan fingerprint density at radius 1 is 1.21 bits per heavy atom. The Morgan fingerprint density at radius 3 is 2.43 bits per heavy atom. The minimum atomic E-state index is 0.688. The molecule has 2 atom stereocenters. The van der Waals surface area contributed by atoms with Crippen LogP contribution in [0, 0.1) is 5.92 Å². The van der Waals surface area contributed by atoms with Crippen molar-refractivity contribution in [2.75, 3.05) is 6.54 Å². The third-order valence-corrected chi connectivity index (χ3v) is 2.77. The zero-order valence-electron chi connectivity index (χ0n) is 10.2. The minimum Gasteiger partial charge on any atom is -0.314 e. The zero-order valence-corrected chi connectivity index (χ0v) is 10.2. The Balaban J connectivity index is 3.86. The average molecular weight is 197 g/mol. The van der Waals surface area contributed by atoms with Gasteiger partial charge in [0.25, 0.3) is 0 Å². The summed E-state index contributed by atoms with van der Waals surface area (Å²) in [6.07, 6.45) is 8.25. The summed E-state index contributed by atoms with van der Waals surface area (Å²) in [6.45, 7) is 11.8. The smallest absolute Gasteiger partial charge is 0.00956 e. The van der Waals surface area contributed by atoms with Gasteiger partial charge in [-0.1, -0.05) is 33.3 Å². The number of allylic oxidation sites excluding steroid dienone is 1. The first kappa shape index (κ1) is 13.7. The summed E-state index contributed by atoms with van der Waals surface area (Å²) in [7, 11) is 0. The molecule has 0 aromatic rings. The molecule has 1 nitrogen and oxygen atoms in total. The van der Waals surface area contributed by atoms with Gasteiger partial charge in [-0.2, -0.15) is 0 Å². The van der Waals surface area contributed by atoms with E-state index in [2.05, 4.69) is 32.7 Å². The first-order chi connectivity index (χ1) is 6.76. The van der Waals surface area contributed by atoms with Crippen LogP contribution in [-0.2, 0) is 0 Å². The summed E-state index contributed by atoms with van der Waals surface area (Å²) in [4.78, 5) is 0. The van der Waals surface area contributed by atoms with Crippen LogP contribution in [0.5, 0.6) is 0 Å². The molecule has 14 heavy (non-hydrogen) atoms. The van der Waals surface area contributed by atoms with Crippen molar-refractivity contribution in [3.8, 4) is 0 Å². The molecule has 2 unspecified atom stereocenters. The van der Waals surface area contributed by atoms with Gasteiger partial charge < -0.3 is 5.32 Å². The fourth-order valence-electron chi connectivity index (χ4n) is 1.87. The summed E-state index contributed by atoms with van der Waals surface area (Å²) in [6, 6.07) is 0.688. The lowest BCUT2D eigenvalue weighted by molar-refractivity contribution is 0.339. The van der Waals surface area contributed by atoms with Gasteiger partial charge in [-0.3, -0.25) is 0 Å². The van der Waals surface area contributed by atoms with Crippen molar-refractivity contribution in [1.29, 1.82) is 0 Å². The van der Waals surface area contributed by atoms with Crippen molar-refractivity contribution in [3.05, 3.63) is 12.7 Å². The van der Waals surface area contributed by atoms with Gasteiger partial charge in [-0.15, -0.1) is 6.58 Å². The molecule has 0 fully saturated rings. The summed E-state index contributed by atoms with van der Waals surface area (Å²) >= 11 is 0. The van der Waals surface area contributed by atoms with Gasteiger partial charge in [0.05, 0.1) is 0 Å². The highest BCUT2D eigenvalue weighted by Crippen LogP contribution is 2.15. The van der Waals surface area contributed by atoms with Crippen molar-refractivity contribution in [3.63, 3.8) is 0 Å². The van der Waals surface area contributed by atoms with Crippen molar-refractivity contribution in [2.45, 2.75) is 58.9 Å². The van der Waals surface area contributed by atoms with Gasteiger partial charge in [0, 0.05) is 6.04 Å². The second-order valence-electron chi connectivity index (χ2n) is 4.19. The quantitative estimate of drug-likeness (QED) is 0.555. The third-order valence-electron chi connectivity index (χ3n) is 2.77. The molecule has 0 radical (unpaired) electrons. The highest BCUT2D eigenvalue weighted by atomic mass is 14.9. The molecule has 0 bridgehead atoms. The fraction of sp³-hybridized carbons (Fsp3) is 0.846. The predicted molar refractivity (Wildman–Crippen MR) is 65.6 cm³/mol. The van der Waals surface area contributed by atoms with Gasteiger partial charge >= 0.3 is 0 Å². The first-order valence-corrected chi connectivity index (χ1v) is 6.10. The van der Waals surface area contributed by atoms with Gasteiger partial charge in [-0.05, 0) is 38.1 Å². The largest absolute Gasteiger partial charge is 0.314 e. The number of hydrogen-bond donors (Lipinski definition) is 1. The van der Waals surface area contributed by atoms with Crippen LogP contribution in [0.2, 0.25) is 0 Å². The van der Waals surface area contributed by atoms with E-state index < -0.39 is 0 Å². The van der Waals surface area contributed by atoms with Crippen molar-refractivity contribution < 1.29 is 0 Å². The second kappa shape index (κ2) is 9.26. The van der Waals surface area contributed by atoms with E-state index in [1.807, 2.05) is 6.08 Å². The van der Waals surface area contributed by atoms with Gasteiger partial charge in [-0.25, -0.2) is 0 Å². The Bertz CT molecular complexity index is 131. The van der Waals surface area contributed by atoms with Gasteiger partial charge in [0.1, 0.15) is 0 Å². The molecule has 1 N–H and O–H groups in total. The molecule has 0 aliphatic heterocycles. The van der Waals surface area contributed by atoms with Crippen molar-refractivity contribution in [2.24, 2.45) is 5.92 Å². The SMILES string of the molecule is C=CCCC(NCCC)C(C)CCC. The molecule has 0 aromatic heterocycles. The highest BCUT2D eigenvalue weighted by molar-refractivity contribution is 4.77. The maximum Gasteiger partial charge on any atom is 0.00956 e. The zero-order chi connectivity index (χ0) is 10.8. The van der Waals surface area contributed by atoms with Crippen LogP contribution in [0.3, 0.4) is 0 Å². The van der Waals surface area contributed by atoms with Crippen LogP contribution in [-0.4, -0.2) is 12.6 Å². The molecule has 0 rings (SSSR count). The standard InChI is InChI=1S/C13H27N/c1-5-8-10-13(14-11-7-3)12(4)9-6-2/h5,12-14H,1,6-11H2,2-4H3. The predicted octanol–water partition coefficient (Wildman–Crippen LogP) is 3.76. The van der Waals surface area contributed by atoms with E-state index in [-0.39, 0.29) is 0 Å². The van der Waals surface area contributed by atoms with E-state index in [0.717, 1.165) is 18.9 Å². The molecule has 0 spiro atoms. The Labute approximate surface area is 90.0 Å². The summed E-state index contributed by atoms with van der Waals surface area (Å²) in [5.41, 5.74) is 0. The summed E-state index contributed by atoms with van der Waals surface area (Å²) < 4.78 is 0. The average Bonchev–Trinajstić information content (AvgIpc) is 2.18. The molecule has 0 saturated carbocycles. The molecule has 0 amide bonds. The lowest BCUT2D eigenvalue weighted by atomic mass is 9.93. The molecule has 84 valence electrons. The van der Waals surface area contributed by atoms with Crippen LogP contribution in [0.25, 0.3) is 0 Å². The highest BCUT2D eigenvalue weighted by Gasteiger charge is 2.14. The molecule has 0 heterocycles. The van der Waals surface area contributed by atoms with Crippen LogP contribution in [0.15, 0.2) is 12.7 Å². The lowest BCUT2D eigenvalue weighted by Gasteiger charge is -2.24. The first-order valence-electron chi connectivity index (χ1n) is 6.10. The molecular formula is C13H27N. The molecule has 0 saturated heterocycles. The summed E-state index contributed by atoms with van der Waals surface area (Å²) in [5, 5.41) is 3.64. The van der Waals surface area contributed by atoms with E-state index >= 15 is 0 Å². The Morgan fingerprint density at radius 2 is 1.93 bits per heavy atom. The maximum absolute atomic E-state index is 3.79. The van der Waals surface area contributed by atoms with Crippen LogP contribution < -0.4 is 5.32 Å². The normalized spacial score (nSPS) is 15.1. The monoisotopic (exact) mass is 197 g/mol. The number of hydrogen-bond acceptors (Lipinski definition) is 1. The molecule has 1 heteroatoms. The van der Waals surface area contributed by atoms with Crippen molar-refractivity contribution >= 4 is 0 Å². The maximum atomic E-state index is 3.79. The number of rotatable bonds is 9. The summed E-state index contributed by atoms with van der Waals surface area (Å²) in [5.74, 6) is 0.798. The van der Waals surface area contributed by atoms with Gasteiger partial charge in [0.2, 0.25) is 0 Å². The molecule has 0 aromatic carbocycles. The molecular weight excluding hydrogens is 170 g/mol. The van der Waals surface area contributed by atoms with Gasteiger partial charge in [0.15, 0.2) is 0 Å². The molecule has 0 aliphatic rings. The van der Waals surface area contributed by atoms with E-state index in [1.54, 1.807) is 0 Å². The molecule has 0 aliphatic carbocycles. The minimum absolute atomic E-state index is 0.688. The number of nitrogens with one attached hydrogen (secondary N) is 1. The van der Waals surface area contributed by atoms with E-state index in [0.29, 0.717) is 6.04 Å². The Kier molecular flexibility index (Phi) is 9.06. The fourth-order valence-corrected chi connectivity index (χ4v) is 1.87. The van der Waals surface area contributed by atoms with Crippen LogP contribution in [0.1, 0.15) is 52.9 Å². The lowest BCUT2D eigenvalue weighted by Crippen LogP contribution is -2.35. The van der Waals surface area contributed by atoms with Crippen LogP contribution in [0.4, 0.5) is 0 Å². The van der Waals surface area contributed by atoms with E-state index in [4.69, 9.17) is 0 Å².